The van der Waals surface area contributed by atoms with Crippen LogP contribution < -0.4 is 0 Å². The minimum atomic E-state index is -4.93. The van der Waals surface area contributed by atoms with E-state index in [1.165, 1.54) is 0 Å². The van der Waals surface area contributed by atoms with Gasteiger partial charge in [-0.2, -0.15) is 31.6 Å². The number of halogens is 6. The summed E-state index contributed by atoms with van der Waals surface area (Å²) in [7, 11) is 0.887. The molecule has 0 aliphatic heterocycles. The van der Waals surface area contributed by atoms with Crippen molar-refractivity contribution in [2.75, 3.05) is 7.11 Å². The van der Waals surface area contributed by atoms with E-state index in [4.69, 9.17) is 0 Å². The summed E-state index contributed by atoms with van der Waals surface area (Å²) in [6.07, 6.45) is -9.54. The van der Waals surface area contributed by atoms with Gasteiger partial charge in [0, 0.05) is 5.56 Å². The molecule has 0 aliphatic rings. The number of esters is 1. The summed E-state index contributed by atoms with van der Waals surface area (Å²) in [5.41, 5.74) is -3.77. The van der Waals surface area contributed by atoms with Crippen LogP contribution in [0.2, 0.25) is 0 Å². The average molecular weight is 373 g/mol. The molecule has 0 N–H and O–H groups in total. The summed E-state index contributed by atoms with van der Waals surface area (Å²) in [5, 5.41) is 9.17. The molecule has 0 heterocycles. The maximum Gasteiger partial charge on any atom is 0.417 e. The first-order valence-electron chi connectivity index (χ1n) is 6.90. The lowest BCUT2D eigenvalue weighted by molar-refractivity contribution is -0.138. The van der Waals surface area contributed by atoms with Crippen molar-refractivity contribution < 1.29 is 35.9 Å². The van der Waals surface area contributed by atoms with E-state index in [-0.39, 0.29) is 16.7 Å². The summed E-state index contributed by atoms with van der Waals surface area (Å²) < 4.78 is 81.9. The number of methoxy groups -OCH3 is 1. The van der Waals surface area contributed by atoms with Gasteiger partial charge in [0.25, 0.3) is 0 Å². The lowest BCUT2D eigenvalue weighted by atomic mass is 9.93. The van der Waals surface area contributed by atoms with Gasteiger partial charge >= 0.3 is 18.3 Å². The maximum atomic E-state index is 13.3. The molecule has 2 aromatic rings. The van der Waals surface area contributed by atoms with E-state index in [1.807, 2.05) is 0 Å². The molecule has 2 aromatic carbocycles. The molecule has 0 bridgehead atoms. The Bertz CT molecular complexity index is 876. The molecule has 0 radical (unpaired) electrons. The largest absolute Gasteiger partial charge is 0.465 e. The molecule has 3 nitrogen and oxygen atoms in total. The number of nitrogens with zero attached hydrogens (tertiary/aromatic N) is 1. The van der Waals surface area contributed by atoms with Crippen molar-refractivity contribution in [2.24, 2.45) is 0 Å². The zero-order valence-electron chi connectivity index (χ0n) is 13.0. The van der Waals surface area contributed by atoms with Crippen LogP contribution in [0.5, 0.6) is 0 Å². The van der Waals surface area contributed by atoms with Crippen LogP contribution in [0.15, 0.2) is 36.4 Å². The second kappa shape index (κ2) is 6.71. The topological polar surface area (TPSA) is 50.1 Å². The minimum absolute atomic E-state index is 0.0311. The minimum Gasteiger partial charge on any atom is -0.465 e. The van der Waals surface area contributed by atoms with E-state index >= 15 is 0 Å². The molecule has 0 aliphatic carbocycles. The van der Waals surface area contributed by atoms with Gasteiger partial charge in [-0.3, -0.25) is 0 Å². The van der Waals surface area contributed by atoms with Gasteiger partial charge in [0.05, 0.1) is 35.4 Å². The van der Waals surface area contributed by atoms with Crippen LogP contribution in [0.3, 0.4) is 0 Å². The standard InChI is InChI=1S/C17H9F6NO2/c1-26-15(25)13-6-10(8-24)12(7-14(13)17(21,22)23)9-2-4-11(5-3-9)16(18,19)20/h2-7H,1H3. The van der Waals surface area contributed by atoms with Crippen molar-refractivity contribution in [3.63, 3.8) is 0 Å². The highest BCUT2D eigenvalue weighted by atomic mass is 19.4. The number of rotatable bonds is 2. The molecule has 0 aromatic heterocycles. The first kappa shape index (κ1) is 19.3. The van der Waals surface area contributed by atoms with Crippen molar-refractivity contribution in [3.8, 4) is 17.2 Å². The van der Waals surface area contributed by atoms with Crippen LogP contribution >= 0.6 is 0 Å². The molecule has 0 amide bonds. The number of nitriles is 1. The molecule has 0 saturated carbocycles. The second-order valence-corrected chi connectivity index (χ2v) is 5.12. The van der Waals surface area contributed by atoms with Gasteiger partial charge in [-0.25, -0.2) is 4.79 Å². The molecule has 0 unspecified atom stereocenters. The lowest BCUT2D eigenvalue weighted by Gasteiger charge is -2.15. The predicted molar refractivity (Wildman–Crippen MR) is 77.9 cm³/mol. The Labute approximate surface area is 143 Å². The van der Waals surface area contributed by atoms with Crippen molar-refractivity contribution in [3.05, 3.63) is 58.7 Å². The van der Waals surface area contributed by atoms with Crippen LogP contribution in [0, 0.1) is 11.3 Å². The Hall–Kier alpha value is -3.02. The average Bonchev–Trinajstić information content (AvgIpc) is 2.58. The smallest absolute Gasteiger partial charge is 0.417 e. The zero-order chi connectivity index (χ0) is 19.7. The normalized spacial score (nSPS) is 11.8. The van der Waals surface area contributed by atoms with Crippen molar-refractivity contribution in [1.29, 1.82) is 5.26 Å². The fourth-order valence-electron chi connectivity index (χ4n) is 2.28. The van der Waals surface area contributed by atoms with E-state index in [0.717, 1.165) is 19.2 Å². The van der Waals surface area contributed by atoms with Crippen LogP contribution in [0.4, 0.5) is 26.3 Å². The van der Waals surface area contributed by atoms with Crippen molar-refractivity contribution in [1.82, 2.24) is 0 Å². The summed E-state index contributed by atoms with van der Waals surface area (Å²) in [5.74, 6) is -1.28. The van der Waals surface area contributed by atoms with Gasteiger partial charge in [0.1, 0.15) is 0 Å². The van der Waals surface area contributed by atoms with Gasteiger partial charge in [-0.15, -0.1) is 0 Å². The molecule has 136 valence electrons. The fourth-order valence-corrected chi connectivity index (χ4v) is 2.28. The van der Waals surface area contributed by atoms with Crippen LogP contribution in [-0.4, -0.2) is 13.1 Å². The number of carbonyl (C=O) groups excluding carboxylic acids is 1. The number of alkyl halides is 6. The number of hydrogen-bond acceptors (Lipinski definition) is 3. The van der Waals surface area contributed by atoms with Gasteiger partial charge in [-0.1, -0.05) is 12.1 Å². The number of ether oxygens (including phenoxy) is 1. The molecule has 0 saturated heterocycles. The Morgan fingerprint density at radius 2 is 1.58 bits per heavy atom. The quantitative estimate of drug-likeness (QED) is 0.547. The summed E-state index contributed by atoms with van der Waals surface area (Å²) in [6.45, 7) is 0. The van der Waals surface area contributed by atoms with Gasteiger partial charge < -0.3 is 4.74 Å². The lowest BCUT2D eigenvalue weighted by Crippen LogP contribution is -2.15. The van der Waals surface area contributed by atoms with E-state index in [2.05, 4.69) is 4.74 Å². The summed E-state index contributed by atoms with van der Waals surface area (Å²) in [6, 6.07) is 6.19. The highest BCUT2D eigenvalue weighted by molar-refractivity contribution is 5.93. The fraction of sp³-hybridized carbons (Fsp3) is 0.176. The van der Waals surface area contributed by atoms with Gasteiger partial charge in [-0.05, 0) is 29.8 Å². The Morgan fingerprint density at radius 3 is 2.00 bits per heavy atom. The molecular weight excluding hydrogens is 364 g/mol. The van der Waals surface area contributed by atoms with Gasteiger partial charge in [0.15, 0.2) is 0 Å². The molecule has 0 fully saturated rings. The van der Waals surface area contributed by atoms with Crippen LogP contribution in [0.1, 0.15) is 27.0 Å². The van der Waals surface area contributed by atoms with Gasteiger partial charge in [0.2, 0.25) is 0 Å². The number of benzene rings is 2. The monoisotopic (exact) mass is 373 g/mol. The molecule has 0 spiro atoms. The Balaban J connectivity index is 2.69. The summed E-state index contributed by atoms with van der Waals surface area (Å²) >= 11 is 0. The Morgan fingerprint density at radius 1 is 1.00 bits per heavy atom. The van der Waals surface area contributed by atoms with Crippen LogP contribution in [0.25, 0.3) is 11.1 Å². The number of hydrogen-bond donors (Lipinski definition) is 0. The zero-order valence-corrected chi connectivity index (χ0v) is 13.0. The predicted octanol–water partition coefficient (Wildman–Crippen LogP) is 5.05. The molecule has 2 rings (SSSR count). The Kier molecular flexibility index (Phi) is 4.98. The molecule has 9 heteroatoms. The van der Waals surface area contributed by atoms with E-state index in [9.17, 15) is 36.4 Å². The van der Waals surface area contributed by atoms with E-state index in [0.29, 0.717) is 24.3 Å². The molecule has 26 heavy (non-hydrogen) atoms. The third-order valence-electron chi connectivity index (χ3n) is 3.51. The highest BCUT2D eigenvalue weighted by Crippen LogP contribution is 2.38. The van der Waals surface area contributed by atoms with Crippen molar-refractivity contribution in [2.45, 2.75) is 12.4 Å². The summed E-state index contributed by atoms with van der Waals surface area (Å²) in [4.78, 5) is 11.6. The SMILES string of the molecule is COC(=O)c1cc(C#N)c(-c2ccc(C(F)(F)F)cc2)cc1C(F)(F)F. The third kappa shape index (κ3) is 3.79. The van der Waals surface area contributed by atoms with E-state index in [1.54, 1.807) is 6.07 Å². The maximum absolute atomic E-state index is 13.3. The third-order valence-corrected chi connectivity index (χ3v) is 3.51. The highest BCUT2D eigenvalue weighted by Gasteiger charge is 2.37. The molecular formula is C17H9F6NO2. The molecule has 0 atom stereocenters. The first-order chi connectivity index (χ1) is 12.0. The van der Waals surface area contributed by atoms with Crippen molar-refractivity contribution >= 4 is 5.97 Å². The number of carbonyl (C=O) groups is 1. The first-order valence-corrected chi connectivity index (χ1v) is 6.90. The van der Waals surface area contributed by atoms with Crippen LogP contribution in [-0.2, 0) is 17.1 Å². The van der Waals surface area contributed by atoms with E-state index < -0.39 is 35.0 Å². The second-order valence-electron chi connectivity index (χ2n) is 5.12.